The van der Waals surface area contributed by atoms with E-state index in [9.17, 15) is 0 Å². The monoisotopic (exact) mass is 264 g/mol. The van der Waals surface area contributed by atoms with Crippen LogP contribution in [-0.4, -0.2) is 5.75 Å². The third kappa shape index (κ3) is 3.18. The second-order valence-electron chi connectivity index (χ2n) is 4.59. The molecular weight excluding hydrogens is 248 g/mol. The van der Waals surface area contributed by atoms with Gasteiger partial charge in [0, 0.05) is 10.6 Å². The molecule has 0 aliphatic heterocycles. The first-order chi connectivity index (χ1) is 9.42. The molecule has 0 saturated carbocycles. The standard InChI is InChI=1S/C18H16S/c1-2-6-15(7-3-1)12-13-19-18-11-10-16-8-4-5-9-17(16)14-18/h1-11,14H,12-13H2. The van der Waals surface area contributed by atoms with E-state index in [2.05, 4.69) is 72.8 Å². The summed E-state index contributed by atoms with van der Waals surface area (Å²) in [7, 11) is 0. The first-order valence-corrected chi connectivity index (χ1v) is 7.56. The first kappa shape index (κ1) is 12.3. The van der Waals surface area contributed by atoms with Gasteiger partial charge >= 0.3 is 0 Å². The molecule has 0 unspecified atom stereocenters. The molecule has 0 heterocycles. The van der Waals surface area contributed by atoms with Gasteiger partial charge in [0.15, 0.2) is 0 Å². The summed E-state index contributed by atoms with van der Waals surface area (Å²) >= 11 is 1.93. The van der Waals surface area contributed by atoms with Crippen molar-refractivity contribution in [1.29, 1.82) is 0 Å². The molecule has 3 aromatic rings. The molecule has 94 valence electrons. The van der Waals surface area contributed by atoms with Gasteiger partial charge in [-0.05, 0) is 34.9 Å². The topological polar surface area (TPSA) is 0 Å². The van der Waals surface area contributed by atoms with Crippen molar-refractivity contribution in [3.63, 3.8) is 0 Å². The van der Waals surface area contributed by atoms with Crippen molar-refractivity contribution in [2.45, 2.75) is 11.3 Å². The largest absolute Gasteiger partial charge is 0.126 e. The lowest BCUT2D eigenvalue weighted by molar-refractivity contribution is 1.15. The van der Waals surface area contributed by atoms with E-state index in [1.165, 1.54) is 21.2 Å². The van der Waals surface area contributed by atoms with Crippen LogP contribution in [0.2, 0.25) is 0 Å². The molecule has 0 aromatic heterocycles. The molecule has 0 atom stereocenters. The molecule has 0 aliphatic carbocycles. The molecule has 0 fully saturated rings. The van der Waals surface area contributed by atoms with Crippen LogP contribution in [0.5, 0.6) is 0 Å². The summed E-state index contributed by atoms with van der Waals surface area (Å²) in [6.07, 6.45) is 1.12. The minimum Gasteiger partial charge on any atom is -0.126 e. The molecule has 0 amide bonds. The van der Waals surface area contributed by atoms with E-state index in [1.807, 2.05) is 11.8 Å². The maximum Gasteiger partial charge on any atom is 0.00784 e. The maximum atomic E-state index is 2.28. The number of hydrogen-bond acceptors (Lipinski definition) is 1. The fourth-order valence-corrected chi connectivity index (χ4v) is 3.14. The molecule has 3 aromatic carbocycles. The molecule has 0 N–H and O–H groups in total. The summed E-state index contributed by atoms with van der Waals surface area (Å²) in [5, 5.41) is 2.64. The van der Waals surface area contributed by atoms with Gasteiger partial charge in [-0.15, -0.1) is 11.8 Å². The highest BCUT2D eigenvalue weighted by Crippen LogP contribution is 2.24. The average molecular weight is 264 g/mol. The number of thioether (sulfide) groups is 1. The lowest BCUT2D eigenvalue weighted by Crippen LogP contribution is -1.87. The molecule has 1 heteroatoms. The van der Waals surface area contributed by atoms with Gasteiger partial charge in [0.1, 0.15) is 0 Å². The molecule has 3 rings (SSSR count). The van der Waals surface area contributed by atoms with Crippen LogP contribution in [0.25, 0.3) is 10.8 Å². The van der Waals surface area contributed by atoms with E-state index in [0.29, 0.717) is 0 Å². The second kappa shape index (κ2) is 5.94. The zero-order valence-corrected chi connectivity index (χ0v) is 11.6. The van der Waals surface area contributed by atoms with Crippen LogP contribution in [-0.2, 0) is 6.42 Å². The number of benzene rings is 3. The van der Waals surface area contributed by atoms with Crippen molar-refractivity contribution < 1.29 is 0 Å². The normalized spacial score (nSPS) is 10.7. The van der Waals surface area contributed by atoms with Crippen LogP contribution in [0.4, 0.5) is 0 Å². The molecular formula is C18H16S. The Hall–Kier alpha value is -1.73. The molecule has 0 aliphatic rings. The highest BCUT2D eigenvalue weighted by atomic mass is 32.2. The second-order valence-corrected chi connectivity index (χ2v) is 5.76. The summed E-state index contributed by atoms with van der Waals surface area (Å²) in [5.41, 5.74) is 1.41. The van der Waals surface area contributed by atoms with Crippen LogP contribution in [0.1, 0.15) is 5.56 Å². The fraction of sp³-hybridized carbons (Fsp3) is 0.111. The lowest BCUT2D eigenvalue weighted by atomic mass is 10.1. The molecule has 0 radical (unpaired) electrons. The van der Waals surface area contributed by atoms with E-state index >= 15 is 0 Å². The summed E-state index contributed by atoms with van der Waals surface area (Å²) in [6.45, 7) is 0. The SMILES string of the molecule is c1ccc(CCSc2ccc3ccccc3c2)cc1. The summed E-state index contributed by atoms with van der Waals surface area (Å²) in [6, 6.07) is 25.9. The van der Waals surface area contributed by atoms with Crippen LogP contribution < -0.4 is 0 Å². The summed E-state index contributed by atoms with van der Waals surface area (Å²) in [4.78, 5) is 1.36. The van der Waals surface area contributed by atoms with Gasteiger partial charge < -0.3 is 0 Å². The number of hydrogen-bond donors (Lipinski definition) is 0. The molecule has 19 heavy (non-hydrogen) atoms. The van der Waals surface area contributed by atoms with Crippen LogP contribution in [0.15, 0.2) is 77.7 Å². The van der Waals surface area contributed by atoms with Crippen molar-refractivity contribution in [1.82, 2.24) is 0 Å². The van der Waals surface area contributed by atoms with Crippen LogP contribution in [0.3, 0.4) is 0 Å². The van der Waals surface area contributed by atoms with Crippen LogP contribution >= 0.6 is 11.8 Å². The van der Waals surface area contributed by atoms with Crippen molar-refractivity contribution in [3.05, 3.63) is 78.4 Å². The maximum absolute atomic E-state index is 2.28. The molecule has 0 saturated heterocycles. The molecule has 0 nitrogen and oxygen atoms in total. The van der Waals surface area contributed by atoms with Gasteiger partial charge in [0.05, 0.1) is 0 Å². The van der Waals surface area contributed by atoms with Crippen molar-refractivity contribution in [2.75, 3.05) is 5.75 Å². The zero-order valence-electron chi connectivity index (χ0n) is 10.8. The highest BCUT2D eigenvalue weighted by Gasteiger charge is 1.98. The zero-order chi connectivity index (χ0) is 12.9. The smallest absolute Gasteiger partial charge is 0.00784 e. The van der Waals surface area contributed by atoms with E-state index in [1.54, 1.807) is 0 Å². The van der Waals surface area contributed by atoms with Gasteiger partial charge in [0.25, 0.3) is 0 Å². The Morgan fingerprint density at radius 3 is 2.26 bits per heavy atom. The van der Waals surface area contributed by atoms with Gasteiger partial charge in [-0.2, -0.15) is 0 Å². The lowest BCUT2D eigenvalue weighted by Gasteiger charge is -2.04. The van der Waals surface area contributed by atoms with E-state index < -0.39 is 0 Å². The van der Waals surface area contributed by atoms with Crippen molar-refractivity contribution in [3.8, 4) is 0 Å². The predicted molar refractivity (Wildman–Crippen MR) is 84.8 cm³/mol. The Morgan fingerprint density at radius 1 is 0.684 bits per heavy atom. The number of rotatable bonds is 4. The highest BCUT2D eigenvalue weighted by molar-refractivity contribution is 7.99. The third-order valence-electron chi connectivity index (χ3n) is 3.22. The summed E-state index contributed by atoms with van der Waals surface area (Å²) < 4.78 is 0. The van der Waals surface area contributed by atoms with Gasteiger partial charge in [-0.25, -0.2) is 0 Å². The van der Waals surface area contributed by atoms with Gasteiger partial charge in [-0.1, -0.05) is 60.7 Å². The quantitative estimate of drug-likeness (QED) is 0.585. The first-order valence-electron chi connectivity index (χ1n) is 6.57. The Labute approximate surface area is 118 Å². The Balaban J connectivity index is 1.65. The van der Waals surface area contributed by atoms with E-state index in [4.69, 9.17) is 0 Å². The number of aryl methyl sites for hydroxylation is 1. The number of fused-ring (bicyclic) bond motifs is 1. The van der Waals surface area contributed by atoms with Crippen molar-refractivity contribution >= 4 is 22.5 Å². The third-order valence-corrected chi connectivity index (χ3v) is 4.22. The van der Waals surface area contributed by atoms with Crippen LogP contribution in [0, 0.1) is 0 Å². The van der Waals surface area contributed by atoms with Gasteiger partial charge in [0.2, 0.25) is 0 Å². The molecule has 0 bridgehead atoms. The average Bonchev–Trinajstić information content (AvgIpc) is 2.48. The predicted octanol–water partition coefficient (Wildman–Crippen LogP) is 5.17. The Kier molecular flexibility index (Phi) is 3.85. The molecule has 0 spiro atoms. The Morgan fingerprint density at radius 2 is 1.42 bits per heavy atom. The minimum atomic E-state index is 1.12. The fourth-order valence-electron chi connectivity index (χ4n) is 2.19. The van der Waals surface area contributed by atoms with Crippen molar-refractivity contribution in [2.24, 2.45) is 0 Å². The van der Waals surface area contributed by atoms with E-state index in [-0.39, 0.29) is 0 Å². The summed E-state index contributed by atoms with van der Waals surface area (Å²) in [5.74, 6) is 1.13. The van der Waals surface area contributed by atoms with E-state index in [0.717, 1.165) is 12.2 Å². The van der Waals surface area contributed by atoms with Gasteiger partial charge in [-0.3, -0.25) is 0 Å². The Bertz CT molecular complexity index is 659. The minimum absolute atomic E-state index is 1.12.